The summed E-state index contributed by atoms with van der Waals surface area (Å²) in [6.45, 7) is 5.86. The van der Waals surface area contributed by atoms with Gasteiger partial charge in [-0.15, -0.1) is 0 Å². The van der Waals surface area contributed by atoms with Crippen molar-refractivity contribution in [1.29, 1.82) is 0 Å². The number of nitrogens with one attached hydrogen (secondary N) is 1. The van der Waals surface area contributed by atoms with E-state index in [1.165, 1.54) is 44.2 Å². The maximum absolute atomic E-state index is 13.4. The Kier molecular flexibility index (Phi) is 10.1. The minimum Gasteiger partial charge on any atom is -0.488 e. The fourth-order valence-electron chi connectivity index (χ4n) is 5.73. The van der Waals surface area contributed by atoms with E-state index in [4.69, 9.17) is 4.74 Å². The Balaban J connectivity index is 1.60. The number of carbonyl (C=O) groups excluding carboxylic acids is 1. The highest BCUT2D eigenvalue weighted by molar-refractivity contribution is 7.92. The van der Waals surface area contributed by atoms with Gasteiger partial charge in [0.1, 0.15) is 17.7 Å². The molecule has 0 saturated heterocycles. The van der Waals surface area contributed by atoms with Crippen molar-refractivity contribution in [2.24, 2.45) is 11.8 Å². The summed E-state index contributed by atoms with van der Waals surface area (Å²) >= 11 is 0. The quantitative estimate of drug-likeness (QED) is 0.463. The predicted octanol–water partition coefficient (Wildman–Crippen LogP) is 4.29. The third-order valence-electron chi connectivity index (χ3n) is 8.08. The van der Waals surface area contributed by atoms with Crippen LogP contribution in [-0.2, 0) is 21.2 Å². The van der Waals surface area contributed by atoms with Gasteiger partial charge < -0.3 is 19.6 Å². The largest absolute Gasteiger partial charge is 0.488 e. The number of hydrogen-bond donors (Lipinski definition) is 2. The van der Waals surface area contributed by atoms with Gasteiger partial charge in [0, 0.05) is 36.8 Å². The van der Waals surface area contributed by atoms with Gasteiger partial charge in [-0.2, -0.15) is 0 Å². The van der Waals surface area contributed by atoms with Gasteiger partial charge in [-0.1, -0.05) is 26.2 Å². The Morgan fingerprint density at radius 3 is 2.50 bits per heavy atom. The number of benzene rings is 2. The number of aliphatic hydroxyl groups excluding tert-OH is 1. The van der Waals surface area contributed by atoms with Gasteiger partial charge in [0.05, 0.1) is 24.0 Å². The summed E-state index contributed by atoms with van der Waals surface area (Å²) in [6, 6.07) is 9.16. The number of amides is 1. The summed E-state index contributed by atoms with van der Waals surface area (Å²) in [5.41, 5.74) is 0.841. The van der Waals surface area contributed by atoms with Crippen molar-refractivity contribution in [3.05, 3.63) is 53.8 Å². The Morgan fingerprint density at radius 2 is 1.82 bits per heavy atom. The molecule has 0 radical (unpaired) electrons. The van der Waals surface area contributed by atoms with Crippen molar-refractivity contribution < 1.29 is 27.4 Å². The lowest BCUT2D eigenvalue weighted by Gasteiger charge is -2.35. The molecule has 1 heterocycles. The number of likely N-dealkylation sites (N-methyl/N-ethyl adjacent to an activating group) is 1. The molecule has 8 nitrogen and oxygen atoms in total. The zero-order valence-corrected chi connectivity index (χ0v) is 24.5. The summed E-state index contributed by atoms with van der Waals surface area (Å²) in [5.74, 6) is 0.533. The SMILES string of the molecule is C[C@H]1CN([C@@H](C)CO)C(=O)Cc2cc(NS(=O)(=O)c3ccc(F)cc3)ccc2O[C@H]1CN(C)CC1CCCCC1. The van der Waals surface area contributed by atoms with E-state index in [1.807, 2.05) is 6.92 Å². The maximum atomic E-state index is 13.4. The summed E-state index contributed by atoms with van der Waals surface area (Å²) in [7, 11) is -1.85. The number of carbonyl (C=O) groups is 1. The molecule has 2 N–H and O–H groups in total. The number of sulfonamides is 1. The van der Waals surface area contributed by atoms with Crippen molar-refractivity contribution in [2.45, 2.75) is 69.4 Å². The lowest BCUT2D eigenvalue weighted by Crippen LogP contribution is -2.48. The van der Waals surface area contributed by atoms with Gasteiger partial charge in [0.2, 0.25) is 5.91 Å². The fourth-order valence-corrected chi connectivity index (χ4v) is 6.78. The molecule has 0 bridgehead atoms. The van der Waals surface area contributed by atoms with Crippen molar-refractivity contribution >= 4 is 21.6 Å². The smallest absolute Gasteiger partial charge is 0.261 e. The highest BCUT2D eigenvalue weighted by Crippen LogP contribution is 2.31. The zero-order chi connectivity index (χ0) is 28.9. The molecule has 0 unspecified atom stereocenters. The Bertz CT molecular complexity index is 1250. The molecule has 1 aliphatic heterocycles. The van der Waals surface area contributed by atoms with Crippen LogP contribution >= 0.6 is 0 Å². The first-order valence-electron chi connectivity index (χ1n) is 14.2. The summed E-state index contributed by atoms with van der Waals surface area (Å²) in [6.07, 6.45) is 6.17. The molecular formula is C30H42FN3O5S. The van der Waals surface area contributed by atoms with E-state index >= 15 is 0 Å². The van der Waals surface area contributed by atoms with Crippen molar-refractivity contribution in [2.75, 3.05) is 38.0 Å². The van der Waals surface area contributed by atoms with E-state index in [9.17, 15) is 22.7 Å². The predicted molar refractivity (Wildman–Crippen MR) is 153 cm³/mol. The minimum atomic E-state index is -3.96. The first kappa shape index (κ1) is 30.3. The highest BCUT2D eigenvalue weighted by Gasteiger charge is 2.31. The van der Waals surface area contributed by atoms with Gasteiger partial charge in [-0.05, 0) is 75.2 Å². The topological polar surface area (TPSA) is 99.2 Å². The highest BCUT2D eigenvalue weighted by atomic mass is 32.2. The molecule has 2 aliphatic rings. The molecule has 220 valence electrons. The maximum Gasteiger partial charge on any atom is 0.261 e. The van der Waals surface area contributed by atoms with Crippen LogP contribution in [0, 0.1) is 17.7 Å². The summed E-state index contributed by atoms with van der Waals surface area (Å²) in [5, 5.41) is 9.88. The second-order valence-electron chi connectivity index (χ2n) is 11.5. The van der Waals surface area contributed by atoms with Crippen LogP contribution in [0.3, 0.4) is 0 Å². The number of anilines is 1. The van der Waals surface area contributed by atoms with Gasteiger partial charge in [0.25, 0.3) is 10.0 Å². The molecule has 1 fully saturated rings. The molecule has 1 saturated carbocycles. The van der Waals surface area contributed by atoms with Crippen LogP contribution in [0.15, 0.2) is 47.4 Å². The van der Waals surface area contributed by atoms with Gasteiger partial charge in [-0.3, -0.25) is 9.52 Å². The van der Waals surface area contributed by atoms with Gasteiger partial charge in [0.15, 0.2) is 0 Å². The number of hydrogen-bond acceptors (Lipinski definition) is 6. The van der Waals surface area contributed by atoms with Crippen molar-refractivity contribution in [3.8, 4) is 5.75 Å². The molecule has 4 rings (SSSR count). The first-order chi connectivity index (χ1) is 19.1. The molecule has 2 aromatic rings. The first-order valence-corrected chi connectivity index (χ1v) is 15.7. The van der Waals surface area contributed by atoms with Crippen molar-refractivity contribution in [1.82, 2.24) is 9.80 Å². The van der Waals surface area contributed by atoms with Crippen LogP contribution in [0.25, 0.3) is 0 Å². The van der Waals surface area contributed by atoms with Crippen LogP contribution in [-0.4, -0.2) is 74.7 Å². The molecule has 10 heteroatoms. The molecule has 0 spiro atoms. The van der Waals surface area contributed by atoms with E-state index in [0.29, 0.717) is 30.3 Å². The van der Waals surface area contributed by atoms with Crippen LogP contribution < -0.4 is 9.46 Å². The molecule has 3 atom stereocenters. The van der Waals surface area contributed by atoms with Crippen LogP contribution in [0.2, 0.25) is 0 Å². The minimum absolute atomic E-state index is 0.00312. The number of rotatable bonds is 9. The molecule has 2 aromatic carbocycles. The van der Waals surface area contributed by atoms with Crippen LogP contribution in [0.1, 0.15) is 51.5 Å². The van der Waals surface area contributed by atoms with Crippen LogP contribution in [0.4, 0.5) is 10.1 Å². The Morgan fingerprint density at radius 1 is 1.12 bits per heavy atom. The zero-order valence-electron chi connectivity index (χ0n) is 23.7. The second kappa shape index (κ2) is 13.3. The van der Waals surface area contributed by atoms with Gasteiger partial charge in [-0.25, -0.2) is 12.8 Å². The van der Waals surface area contributed by atoms with Crippen LogP contribution in [0.5, 0.6) is 5.75 Å². The monoisotopic (exact) mass is 575 g/mol. The molecule has 1 aliphatic carbocycles. The lowest BCUT2D eigenvalue weighted by atomic mass is 9.89. The molecule has 40 heavy (non-hydrogen) atoms. The third-order valence-corrected chi connectivity index (χ3v) is 9.48. The van der Waals surface area contributed by atoms with E-state index in [0.717, 1.165) is 18.7 Å². The number of nitrogens with zero attached hydrogens (tertiary/aromatic N) is 2. The van der Waals surface area contributed by atoms with E-state index in [1.54, 1.807) is 23.1 Å². The number of halogens is 1. The van der Waals surface area contributed by atoms with Crippen molar-refractivity contribution in [3.63, 3.8) is 0 Å². The summed E-state index contributed by atoms with van der Waals surface area (Å²) in [4.78, 5) is 17.4. The summed E-state index contributed by atoms with van der Waals surface area (Å²) < 4.78 is 48.3. The lowest BCUT2D eigenvalue weighted by molar-refractivity contribution is -0.134. The molecule has 1 amide bonds. The van der Waals surface area contributed by atoms with E-state index < -0.39 is 15.8 Å². The van der Waals surface area contributed by atoms with E-state index in [-0.39, 0.29) is 47.6 Å². The molecular weight excluding hydrogens is 533 g/mol. The Labute approximate surface area is 237 Å². The average molecular weight is 576 g/mol. The second-order valence-corrected chi connectivity index (χ2v) is 13.2. The average Bonchev–Trinajstić information content (AvgIpc) is 2.96. The number of fused-ring (bicyclic) bond motifs is 1. The number of aliphatic hydroxyl groups is 1. The number of ether oxygens (including phenoxy) is 1. The van der Waals surface area contributed by atoms with Gasteiger partial charge >= 0.3 is 0 Å². The standard InChI is InChI=1S/C30H42FN3O5S/c1-21-17-34(22(2)20-35)30(36)16-24-15-26(32-40(37,38)27-12-9-25(31)10-13-27)11-14-28(24)39-29(21)19-33(3)18-23-7-5-4-6-8-23/h9-15,21-23,29,32,35H,4-8,16-20H2,1-3H3/t21-,22-,29-/m0/s1. The fraction of sp³-hybridized carbons (Fsp3) is 0.567. The third kappa shape index (κ3) is 7.73. The normalized spacial score (nSPS) is 21.6. The Hall–Kier alpha value is -2.69. The van der Waals surface area contributed by atoms with E-state index in [2.05, 4.69) is 23.6 Å². The molecule has 0 aromatic heterocycles.